The molecule has 68 valence electrons. The van der Waals surface area contributed by atoms with Gasteiger partial charge in [0.05, 0.1) is 0 Å². The number of hydrogen-bond acceptors (Lipinski definition) is 4. The molecule has 4 nitrogen and oxygen atoms in total. The van der Waals surface area contributed by atoms with Gasteiger partial charge in [0.2, 0.25) is 9.72 Å². The molecule has 0 spiro atoms. The minimum absolute atomic E-state index is 0.666. The summed E-state index contributed by atoms with van der Waals surface area (Å²) in [5, 5.41) is 3.68. The maximum atomic E-state index is 5.17. The molecule has 0 aromatic carbocycles. The maximum Gasteiger partial charge on any atom is 0.232 e. The van der Waals surface area contributed by atoms with Crippen LogP contribution >= 0.6 is 22.6 Å². The molecule has 0 radical (unpaired) electrons. The third kappa shape index (κ3) is 3.48. The molecule has 0 fully saturated rings. The van der Waals surface area contributed by atoms with E-state index >= 15 is 0 Å². The number of rotatable bonds is 5. The molecule has 0 N–H and O–H groups in total. The molecule has 0 aliphatic carbocycles. The fourth-order valence-electron chi connectivity index (χ4n) is 0.805. The Morgan fingerprint density at radius 2 is 2.42 bits per heavy atom. The minimum atomic E-state index is 0.666. The molecular formula is C7H11IN2O2. The van der Waals surface area contributed by atoms with Crippen LogP contribution in [0.5, 0.6) is 0 Å². The van der Waals surface area contributed by atoms with Gasteiger partial charge in [0.25, 0.3) is 0 Å². The quantitative estimate of drug-likeness (QED) is 0.608. The van der Waals surface area contributed by atoms with Crippen LogP contribution in [0.4, 0.5) is 0 Å². The van der Waals surface area contributed by atoms with Gasteiger partial charge in [0, 0.05) is 42.2 Å². The third-order valence-electron chi connectivity index (χ3n) is 1.33. The van der Waals surface area contributed by atoms with E-state index in [0.29, 0.717) is 9.72 Å². The Morgan fingerprint density at radius 1 is 1.58 bits per heavy atom. The lowest BCUT2D eigenvalue weighted by Gasteiger charge is -1.96. The Morgan fingerprint density at radius 3 is 3.00 bits per heavy atom. The van der Waals surface area contributed by atoms with Gasteiger partial charge in [-0.25, -0.2) is 0 Å². The van der Waals surface area contributed by atoms with E-state index in [1.54, 1.807) is 0 Å². The van der Waals surface area contributed by atoms with Gasteiger partial charge in [-0.3, -0.25) is 0 Å². The first-order valence-electron chi connectivity index (χ1n) is 3.88. The van der Waals surface area contributed by atoms with E-state index in [4.69, 9.17) is 9.26 Å². The zero-order valence-corrected chi connectivity index (χ0v) is 9.07. The summed E-state index contributed by atoms with van der Waals surface area (Å²) in [7, 11) is 0. The summed E-state index contributed by atoms with van der Waals surface area (Å²) in [6, 6.07) is 0. The van der Waals surface area contributed by atoms with Crippen molar-refractivity contribution < 1.29 is 9.26 Å². The van der Waals surface area contributed by atoms with Gasteiger partial charge in [0.15, 0.2) is 0 Å². The van der Waals surface area contributed by atoms with Gasteiger partial charge < -0.3 is 9.26 Å². The molecule has 0 amide bonds. The van der Waals surface area contributed by atoms with Gasteiger partial charge >= 0.3 is 0 Å². The number of nitrogens with zero attached hydrogens (tertiary/aromatic N) is 2. The number of aryl methyl sites for hydroxylation is 1. The first kappa shape index (κ1) is 9.91. The van der Waals surface area contributed by atoms with Crippen LogP contribution in [-0.2, 0) is 11.2 Å². The maximum absolute atomic E-state index is 5.17. The zero-order valence-electron chi connectivity index (χ0n) is 6.92. The lowest BCUT2D eigenvalue weighted by molar-refractivity contribution is 0.143. The summed E-state index contributed by atoms with van der Waals surface area (Å²) < 4.78 is 10.8. The summed E-state index contributed by atoms with van der Waals surface area (Å²) >= 11 is 2.02. The van der Waals surface area contributed by atoms with Crippen molar-refractivity contribution in [1.82, 2.24) is 10.1 Å². The Balaban J connectivity index is 2.15. The monoisotopic (exact) mass is 282 g/mol. The average Bonchev–Trinajstić information content (AvgIpc) is 2.45. The van der Waals surface area contributed by atoms with Gasteiger partial charge in [-0.1, -0.05) is 5.16 Å². The minimum Gasteiger partial charge on any atom is -0.382 e. The molecule has 1 heterocycles. The molecule has 0 bridgehead atoms. The van der Waals surface area contributed by atoms with Gasteiger partial charge in [-0.15, -0.1) is 0 Å². The molecule has 0 unspecified atom stereocenters. The van der Waals surface area contributed by atoms with Crippen LogP contribution in [0.15, 0.2) is 4.52 Å². The van der Waals surface area contributed by atoms with Crippen LogP contribution in [0.2, 0.25) is 0 Å². The molecule has 1 aromatic rings. The number of hydrogen-bond donors (Lipinski definition) is 0. The van der Waals surface area contributed by atoms with Gasteiger partial charge in [-0.05, 0) is 13.3 Å². The summed E-state index contributed by atoms with van der Waals surface area (Å²) in [6.45, 7) is 3.51. The van der Waals surface area contributed by atoms with E-state index in [1.807, 2.05) is 29.5 Å². The fourth-order valence-corrected chi connectivity index (χ4v) is 1.17. The molecule has 0 saturated carbocycles. The zero-order chi connectivity index (χ0) is 8.81. The largest absolute Gasteiger partial charge is 0.382 e. The van der Waals surface area contributed by atoms with Crippen LogP contribution in [0, 0.1) is 3.83 Å². The van der Waals surface area contributed by atoms with Crippen LogP contribution in [0.1, 0.15) is 19.2 Å². The second-order valence-corrected chi connectivity index (χ2v) is 3.22. The average molecular weight is 282 g/mol. The molecule has 0 aliphatic heterocycles. The molecule has 12 heavy (non-hydrogen) atoms. The predicted molar refractivity (Wildman–Crippen MR) is 51.8 cm³/mol. The van der Waals surface area contributed by atoms with Gasteiger partial charge in [0.1, 0.15) is 0 Å². The van der Waals surface area contributed by atoms with E-state index in [2.05, 4.69) is 10.1 Å². The van der Waals surface area contributed by atoms with E-state index in [9.17, 15) is 0 Å². The highest BCUT2D eigenvalue weighted by molar-refractivity contribution is 14.1. The Bertz CT molecular complexity index is 227. The van der Waals surface area contributed by atoms with Crippen molar-refractivity contribution in [2.75, 3.05) is 13.2 Å². The molecular weight excluding hydrogens is 271 g/mol. The van der Waals surface area contributed by atoms with E-state index in [-0.39, 0.29) is 0 Å². The Kier molecular flexibility index (Phi) is 4.52. The van der Waals surface area contributed by atoms with Crippen molar-refractivity contribution in [3.63, 3.8) is 0 Å². The summed E-state index contributed by atoms with van der Waals surface area (Å²) in [6.07, 6.45) is 1.74. The predicted octanol–water partition coefficient (Wildman–Crippen LogP) is 1.64. The highest BCUT2D eigenvalue weighted by atomic mass is 127. The second kappa shape index (κ2) is 5.47. The van der Waals surface area contributed by atoms with Crippen LogP contribution in [-0.4, -0.2) is 23.4 Å². The van der Waals surface area contributed by atoms with Crippen molar-refractivity contribution in [3.8, 4) is 0 Å². The molecule has 1 aromatic heterocycles. The smallest absolute Gasteiger partial charge is 0.232 e. The number of aromatic nitrogens is 2. The topological polar surface area (TPSA) is 48.2 Å². The van der Waals surface area contributed by atoms with Crippen molar-refractivity contribution in [3.05, 3.63) is 9.72 Å². The van der Waals surface area contributed by atoms with Crippen molar-refractivity contribution in [2.45, 2.75) is 19.8 Å². The highest BCUT2D eigenvalue weighted by Crippen LogP contribution is 2.02. The fraction of sp³-hybridized carbons (Fsp3) is 0.714. The summed E-state index contributed by atoms with van der Waals surface area (Å²) in [5.41, 5.74) is 0. The Hall–Kier alpha value is -0.170. The standard InChI is InChI=1S/C7H11IN2O2/c1-2-11-5-3-4-6-9-7(8)10-12-6/h2-5H2,1H3. The molecule has 5 heteroatoms. The normalized spacial score (nSPS) is 10.5. The van der Waals surface area contributed by atoms with Crippen LogP contribution < -0.4 is 0 Å². The van der Waals surface area contributed by atoms with Crippen molar-refractivity contribution >= 4 is 22.6 Å². The third-order valence-corrected chi connectivity index (χ3v) is 1.76. The summed E-state index contributed by atoms with van der Waals surface area (Å²) in [4.78, 5) is 4.06. The highest BCUT2D eigenvalue weighted by Gasteiger charge is 2.01. The van der Waals surface area contributed by atoms with Crippen molar-refractivity contribution in [1.29, 1.82) is 0 Å². The van der Waals surface area contributed by atoms with E-state index in [1.165, 1.54) is 0 Å². The summed E-state index contributed by atoms with van der Waals surface area (Å²) in [5.74, 6) is 0.694. The number of halogens is 1. The van der Waals surface area contributed by atoms with Crippen LogP contribution in [0.25, 0.3) is 0 Å². The van der Waals surface area contributed by atoms with Crippen molar-refractivity contribution in [2.24, 2.45) is 0 Å². The molecule has 0 saturated heterocycles. The van der Waals surface area contributed by atoms with E-state index < -0.39 is 0 Å². The van der Waals surface area contributed by atoms with Crippen LogP contribution in [0.3, 0.4) is 0 Å². The second-order valence-electron chi connectivity index (χ2n) is 2.26. The molecule has 0 atom stereocenters. The molecule has 0 aliphatic rings. The first-order chi connectivity index (χ1) is 5.83. The Labute approximate surface area is 84.8 Å². The SMILES string of the molecule is CCOCCCc1nc(I)no1. The van der Waals surface area contributed by atoms with E-state index in [0.717, 1.165) is 26.1 Å². The lowest BCUT2D eigenvalue weighted by atomic mass is 10.3. The number of ether oxygens (including phenoxy) is 1. The molecule has 1 rings (SSSR count). The lowest BCUT2D eigenvalue weighted by Crippen LogP contribution is -1.95. The first-order valence-corrected chi connectivity index (χ1v) is 4.96. The van der Waals surface area contributed by atoms with Gasteiger partial charge in [-0.2, -0.15) is 4.98 Å².